The Balaban J connectivity index is 1.85. The largest absolute Gasteiger partial charge is 0.449 e. The maximum Gasteiger partial charge on any atom is 0.416 e. The number of nitrogens with zero attached hydrogens (tertiary/aromatic N) is 3. The number of hydrogen-bond donors (Lipinski definition) is 0. The Morgan fingerprint density at radius 2 is 1.52 bits per heavy atom. The number of halogens is 6. The van der Waals surface area contributed by atoms with E-state index in [1.54, 1.807) is 13.8 Å². The van der Waals surface area contributed by atoms with Gasteiger partial charge in [0.15, 0.2) is 0 Å². The molecule has 1 heterocycles. The van der Waals surface area contributed by atoms with E-state index in [1.807, 2.05) is 12.1 Å². The minimum absolute atomic E-state index is 0.0696. The van der Waals surface area contributed by atoms with Crippen molar-refractivity contribution >= 4 is 17.8 Å². The average Bonchev–Trinajstić information content (AvgIpc) is 3.31. The van der Waals surface area contributed by atoms with Crippen molar-refractivity contribution in [2.75, 3.05) is 25.6 Å². The fourth-order valence-corrected chi connectivity index (χ4v) is 5.54. The van der Waals surface area contributed by atoms with Crippen LogP contribution in [0, 0.1) is 0 Å². The van der Waals surface area contributed by atoms with Crippen LogP contribution in [-0.2, 0) is 36.5 Å². The number of amides is 3. The van der Waals surface area contributed by atoms with Crippen LogP contribution in [0.3, 0.4) is 0 Å². The van der Waals surface area contributed by atoms with Crippen molar-refractivity contribution < 1.29 is 40.7 Å². The quantitative estimate of drug-likeness (QED) is 0.365. The number of carbonyl (C=O) groups excluding carboxylic acids is 2. The molecule has 2 aromatic rings. The molecule has 0 radical (unpaired) electrons. The van der Waals surface area contributed by atoms with E-state index in [0.717, 1.165) is 30.4 Å². The molecule has 0 saturated carbocycles. The van der Waals surface area contributed by atoms with E-state index in [4.69, 9.17) is 4.74 Å². The van der Waals surface area contributed by atoms with Gasteiger partial charge < -0.3 is 14.5 Å². The van der Waals surface area contributed by atoms with Crippen molar-refractivity contribution in [2.24, 2.45) is 0 Å². The first-order chi connectivity index (χ1) is 18.6. The van der Waals surface area contributed by atoms with Crippen molar-refractivity contribution in [2.45, 2.75) is 70.5 Å². The summed E-state index contributed by atoms with van der Waals surface area (Å²) in [6.07, 6.45) is -7.89. The third-order valence-corrected chi connectivity index (χ3v) is 7.33. The van der Waals surface area contributed by atoms with Gasteiger partial charge in [0.05, 0.1) is 29.5 Å². The molecule has 2 unspecified atom stereocenters. The molecule has 0 saturated heterocycles. The lowest BCUT2D eigenvalue weighted by Gasteiger charge is -2.44. The van der Waals surface area contributed by atoms with Gasteiger partial charge in [-0.25, -0.2) is 9.59 Å². The number of fused-ring (bicyclic) bond motifs is 2. The number of ether oxygens (including phenoxy) is 1. The molecule has 0 spiro atoms. The summed E-state index contributed by atoms with van der Waals surface area (Å²) in [6, 6.07) is 3.38. The second-order valence-corrected chi connectivity index (χ2v) is 10.4. The summed E-state index contributed by atoms with van der Waals surface area (Å²) in [5.74, 6) is 0. The number of anilines is 1. The van der Waals surface area contributed by atoms with E-state index in [9.17, 15) is 35.9 Å². The van der Waals surface area contributed by atoms with Crippen molar-refractivity contribution in [1.82, 2.24) is 9.80 Å². The predicted octanol–water partition coefficient (Wildman–Crippen LogP) is 7.19. The SMILES string of the molecule is CCOC(=O)N1c2cc3c(cc2C(N(Cc2cc(C(F)(F)F)cc(C(F)(F)F)c2)C(=O)N(C)C)CC1C)CCC3. The number of aryl methyl sites for hydroxylation is 2. The molecule has 2 aromatic carbocycles. The van der Waals surface area contributed by atoms with Gasteiger partial charge in [0.1, 0.15) is 0 Å². The number of carbonyl (C=O) groups is 2. The molecular formula is C28H31F6N3O3. The standard InChI is InChI=1S/C28H31F6N3O3/c1-5-40-26(39)37-16(2)9-23(22-12-18-7-6-8-19(18)13-24(22)37)36(25(38)35(3)4)15-17-10-20(27(29,30)31)14-21(11-17)28(32,33)34/h10-14,16,23H,5-9,15H2,1-4H3. The Morgan fingerprint density at radius 3 is 2.05 bits per heavy atom. The molecule has 218 valence electrons. The maximum absolute atomic E-state index is 13.6. The van der Waals surface area contributed by atoms with Crippen LogP contribution in [0.15, 0.2) is 30.3 Å². The lowest BCUT2D eigenvalue weighted by molar-refractivity contribution is -0.143. The lowest BCUT2D eigenvalue weighted by Crippen LogP contribution is -2.49. The molecular weight excluding hydrogens is 540 g/mol. The molecule has 6 nitrogen and oxygen atoms in total. The summed E-state index contributed by atoms with van der Waals surface area (Å²) in [6.45, 7) is 3.09. The van der Waals surface area contributed by atoms with Crippen LogP contribution in [0.2, 0.25) is 0 Å². The predicted molar refractivity (Wildman–Crippen MR) is 136 cm³/mol. The Labute approximate surface area is 228 Å². The molecule has 0 fully saturated rings. The third-order valence-electron chi connectivity index (χ3n) is 7.33. The molecule has 1 aliphatic carbocycles. The number of rotatable bonds is 4. The fourth-order valence-electron chi connectivity index (χ4n) is 5.54. The third kappa shape index (κ3) is 5.85. The van der Waals surface area contributed by atoms with E-state index in [-0.39, 0.29) is 24.7 Å². The Bertz CT molecular complexity index is 1260. The van der Waals surface area contributed by atoms with Crippen molar-refractivity contribution in [3.05, 3.63) is 63.7 Å². The summed E-state index contributed by atoms with van der Waals surface area (Å²) in [7, 11) is 2.92. The van der Waals surface area contributed by atoms with E-state index in [0.29, 0.717) is 23.4 Å². The smallest absolute Gasteiger partial charge is 0.416 e. The zero-order valence-electron chi connectivity index (χ0n) is 22.6. The highest BCUT2D eigenvalue weighted by atomic mass is 19.4. The highest BCUT2D eigenvalue weighted by Gasteiger charge is 2.41. The Morgan fingerprint density at radius 1 is 0.950 bits per heavy atom. The van der Waals surface area contributed by atoms with Gasteiger partial charge in [0.2, 0.25) is 0 Å². The van der Waals surface area contributed by atoms with Crippen LogP contribution in [0.1, 0.15) is 66.1 Å². The van der Waals surface area contributed by atoms with Crippen LogP contribution in [-0.4, -0.2) is 48.7 Å². The van der Waals surface area contributed by atoms with E-state index in [2.05, 4.69) is 0 Å². The maximum atomic E-state index is 13.6. The van der Waals surface area contributed by atoms with Crippen molar-refractivity contribution in [3.63, 3.8) is 0 Å². The second-order valence-electron chi connectivity index (χ2n) is 10.4. The Hall–Kier alpha value is -3.44. The van der Waals surface area contributed by atoms with Gasteiger partial charge in [0, 0.05) is 26.7 Å². The zero-order chi connectivity index (χ0) is 29.6. The van der Waals surface area contributed by atoms with Crippen LogP contribution in [0.5, 0.6) is 0 Å². The summed E-state index contributed by atoms with van der Waals surface area (Å²) >= 11 is 0. The van der Waals surface area contributed by atoms with Gasteiger partial charge in [-0.2, -0.15) is 26.3 Å². The van der Waals surface area contributed by atoms with Gasteiger partial charge >= 0.3 is 24.5 Å². The molecule has 0 bridgehead atoms. The minimum Gasteiger partial charge on any atom is -0.449 e. The highest BCUT2D eigenvalue weighted by molar-refractivity contribution is 5.91. The monoisotopic (exact) mass is 571 g/mol. The average molecular weight is 572 g/mol. The fraction of sp³-hybridized carbons (Fsp3) is 0.500. The summed E-state index contributed by atoms with van der Waals surface area (Å²) in [5.41, 5.74) is 0.0263. The van der Waals surface area contributed by atoms with Gasteiger partial charge in [-0.3, -0.25) is 4.90 Å². The number of alkyl halides is 6. The number of hydrogen-bond acceptors (Lipinski definition) is 3. The normalized spacial score (nSPS) is 18.7. The first kappa shape index (κ1) is 29.5. The molecule has 12 heteroatoms. The molecule has 40 heavy (non-hydrogen) atoms. The molecule has 4 rings (SSSR count). The van der Waals surface area contributed by atoms with Crippen LogP contribution < -0.4 is 4.90 Å². The van der Waals surface area contributed by atoms with Crippen molar-refractivity contribution in [1.29, 1.82) is 0 Å². The molecule has 1 aliphatic heterocycles. The number of urea groups is 1. The first-order valence-corrected chi connectivity index (χ1v) is 13.0. The van der Waals surface area contributed by atoms with Gasteiger partial charge in [-0.15, -0.1) is 0 Å². The second kappa shape index (κ2) is 10.9. The summed E-state index contributed by atoms with van der Waals surface area (Å²) in [4.78, 5) is 30.5. The van der Waals surface area contributed by atoms with Crippen LogP contribution in [0.25, 0.3) is 0 Å². The molecule has 2 aliphatic rings. The Kier molecular flexibility index (Phi) is 8.01. The summed E-state index contributed by atoms with van der Waals surface area (Å²) in [5, 5.41) is 0. The van der Waals surface area contributed by atoms with Crippen LogP contribution in [0.4, 0.5) is 41.6 Å². The lowest BCUT2D eigenvalue weighted by atomic mass is 9.88. The van der Waals surface area contributed by atoms with E-state index < -0.39 is 54.2 Å². The topological polar surface area (TPSA) is 53.1 Å². The van der Waals surface area contributed by atoms with Gasteiger partial charge in [-0.1, -0.05) is 6.07 Å². The van der Waals surface area contributed by atoms with Crippen molar-refractivity contribution in [3.8, 4) is 0 Å². The number of benzene rings is 2. The summed E-state index contributed by atoms with van der Waals surface area (Å²) < 4.78 is 86.7. The van der Waals surface area contributed by atoms with E-state index in [1.165, 1.54) is 28.8 Å². The zero-order valence-corrected chi connectivity index (χ0v) is 22.6. The van der Waals surface area contributed by atoms with Gasteiger partial charge in [0.25, 0.3) is 0 Å². The molecule has 0 aromatic heterocycles. The van der Waals surface area contributed by atoms with E-state index >= 15 is 0 Å². The minimum atomic E-state index is -5.01. The first-order valence-electron chi connectivity index (χ1n) is 13.0. The molecule has 0 N–H and O–H groups in total. The van der Waals surface area contributed by atoms with Crippen LogP contribution >= 0.6 is 0 Å². The molecule has 3 amide bonds. The van der Waals surface area contributed by atoms with Gasteiger partial charge in [-0.05, 0) is 86.1 Å². The highest BCUT2D eigenvalue weighted by Crippen LogP contribution is 2.45. The molecule has 2 atom stereocenters.